The van der Waals surface area contributed by atoms with Gasteiger partial charge in [0, 0.05) is 13.1 Å². The standard InChI is InChI=1S/C15H30N2O3/c1-3-5-9-15(19,8-4-2)11-17-10-12-6-7-13(16)14(18)20-12/h3,12-14,17-19H,1,4-11,16H2,2H3/t12-,13+,14-,15?/m0/s1. The molecule has 1 saturated heterocycles. The smallest absolute Gasteiger partial charge is 0.170 e. The summed E-state index contributed by atoms with van der Waals surface area (Å²) >= 11 is 0. The third kappa shape index (κ3) is 5.89. The minimum atomic E-state index is -0.870. The SMILES string of the molecule is C=CCCC(O)(CCC)CNC[C@@H]1CC[C@@H](N)[C@@H](O)O1. The lowest BCUT2D eigenvalue weighted by atomic mass is 9.92. The number of hydrogen-bond acceptors (Lipinski definition) is 5. The van der Waals surface area contributed by atoms with Crippen LogP contribution in [-0.4, -0.2) is 47.3 Å². The maximum atomic E-state index is 10.5. The minimum absolute atomic E-state index is 0.0323. The number of nitrogens with two attached hydrogens (primary N) is 1. The van der Waals surface area contributed by atoms with Crippen molar-refractivity contribution in [1.82, 2.24) is 5.32 Å². The van der Waals surface area contributed by atoms with Crippen molar-refractivity contribution in [3.05, 3.63) is 12.7 Å². The van der Waals surface area contributed by atoms with Crippen LogP contribution >= 0.6 is 0 Å². The second kappa shape index (κ2) is 8.74. The van der Waals surface area contributed by atoms with E-state index in [0.29, 0.717) is 13.1 Å². The van der Waals surface area contributed by atoms with Gasteiger partial charge in [0.1, 0.15) is 0 Å². The Morgan fingerprint density at radius 1 is 1.45 bits per heavy atom. The summed E-state index contributed by atoms with van der Waals surface area (Å²) in [6.07, 6.45) is 5.79. The number of aliphatic hydroxyl groups excluding tert-OH is 1. The molecule has 5 nitrogen and oxygen atoms in total. The van der Waals surface area contributed by atoms with E-state index in [0.717, 1.165) is 38.5 Å². The maximum absolute atomic E-state index is 10.5. The minimum Gasteiger partial charge on any atom is -0.389 e. The molecule has 0 aliphatic carbocycles. The first-order chi connectivity index (χ1) is 9.50. The van der Waals surface area contributed by atoms with Gasteiger partial charge in [-0.3, -0.25) is 0 Å². The van der Waals surface area contributed by atoms with Crippen molar-refractivity contribution in [2.45, 2.75) is 69.5 Å². The van der Waals surface area contributed by atoms with Gasteiger partial charge < -0.3 is 26.0 Å². The van der Waals surface area contributed by atoms with Gasteiger partial charge in [-0.15, -0.1) is 6.58 Å². The van der Waals surface area contributed by atoms with Crippen LogP contribution in [0.15, 0.2) is 12.7 Å². The average molecular weight is 286 g/mol. The zero-order valence-corrected chi connectivity index (χ0v) is 12.6. The highest BCUT2D eigenvalue weighted by atomic mass is 16.6. The van der Waals surface area contributed by atoms with Crippen LogP contribution in [0.25, 0.3) is 0 Å². The first-order valence-corrected chi connectivity index (χ1v) is 7.64. The molecule has 1 rings (SSSR count). The molecule has 0 aromatic carbocycles. The van der Waals surface area contributed by atoms with Crippen LogP contribution in [0.5, 0.6) is 0 Å². The molecule has 5 N–H and O–H groups in total. The monoisotopic (exact) mass is 286 g/mol. The Balaban J connectivity index is 2.31. The lowest BCUT2D eigenvalue weighted by Gasteiger charge is -2.33. The molecule has 0 aromatic rings. The molecule has 5 heteroatoms. The second-order valence-corrected chi connectivity index (χ2v) is 5.82. The van der Waals surface area contributed by atoms with Gasteiger partial charge in [-0.05, 0) is 32.1 Å². The quantitative estimate of drug-likeness (QED) is 0.473. The van der Waals surface area contributed by atoms with Crippen LogP contribution in [0.2, 0.25) is 0 Å². The van der Waals surface area contributed by atoms with Crippen LogP contribution in [-0.2, 0) is 4.74 Å². The van der Waals surface area contributed by atoms with Gasteiger partial charge in [-0.1, -0.05) is 19.4 Å². The molecular formula is C15H30N2O3. The Kier molecular flexibility index (Phi) is 7.69. The molecule has 0 bridgehead atoms. The molecule has 1 fully saturated rings. The molecule has 20 heavy (non-hydrogen) atoms. The number of aliphatic hydroxyl groups is 2. The summed E-state index contributed by atoms with van der Waals surface area (Å²) in [7, 11) is 0. The third-order valence-corrected chi connectivity index (χ3v) is 3.88. The molecule has 118 valence electrons. The van der Waals surface area contributed by atoms with E-state index in [4.69, 9.17) is 10.5 Å². The molecule has 0 saturated carbocycles. The zero-order chi connectivity index (χ0) is 15.0. The highest BCUT2D eigenvalue weighted by molar-refractivity contribution is 4.85. The van der Waals surface area contributed by atoms with Crippen molar-refractivity contribution in [2.75, 3.05) is 13.1 Å². The van der Waals surface area contributed by atoms with Crippen LogP contribution < -0.4 is 11.1 Å². The van der Waals surface area contributed by atoms with Gasteiger partial charge in [0.25, 0.3) is 0 Å². The van der Waals surface area contributed by atoms with Crippen molar-refractivity contribution in [2.24, 2.45) is 5.73 Å². The molecule has 4 atom stereocenters. The Hall–Kier alpha value is -0.460. The number of ether oxygens (including phenoxy) is 1. The third-order valence-electron chi connectivity index (χ3n) is 3.88. The normalized spacial score (nSPS) is 29.9. The van der Waals surface area contributed by atoms with Crippen LogP contribution in [0, 0.1) is 0 Å². The van der Waals surface area contributed by atoms with E-state index in [9.17, 15) is 10.2 Å². The lowest BCUT2D eigenvalue weighted by molar-refractivity contribution is -0.171. The number of allylic oxidation sites excluding steroid dienone is 1. The highest BCUT2D eigenvalue weighted by Crippen LogP contribution is 2.20. The van der Waals surface area contributed by atoms with E-state index >= 15 is 0 Å². The van der Waals surface area contributed by atoms with E-state index in [2.05, 4.69) is 18.8 Å². The first-order valence-electron chi connectivity index (χ1n) is 7.64. The Bertz CT molecular complexity index is 288. The van der Waals surface area contributed by atoms with Crippen molar-refractivity contribution in [3.63, 3.8) is 0 Å². The Morgan fingerprint density at radius 2 is 2.20 bits per heavy atom. The Morgan fingerprint density at radius 3 is 2.80 bits per heavy atom. The molecular weight excluding hydrogens is 256 g/mol. The van der Waals surface area contributed by atoms with Gasteiger partial charge >= 0.3 is 0 Å². The van der Waals surface area contributed by atoms with E-state index in [1.54, 1.807) is 0 Å². The van der Waals surface area contributed by atoms with Gasteiger partial charge in [0.15, 0.2) is 6.29 Å². The average Bonchev–Trinajstić information content (AvgIpc) is 2.41. The summed E-state index contributed by atoms with van der Waals surface area (Å²) in [6.45, 7) is 6.94. The van der Waals surface area contributed by atoms with Gasteiger partial charge in [-0.2, -0.15) is 0 Å². The summed E-state index contributed by atoms with van der Waals surface area (Å²) in [5, 5.41) is 23.4. The molecule has 0 aromatic heterocycles. The van der Waals surface area contributed by atoms with Gasteiger partial charge in [0.2, 0.25) is 0 Å². The van der Waals surface area contributed by atoms with Crippen molar-refractivity contribution < 1.29 is 14.9 Å². The summed E-state index contributed by atoms with van der Waals surface area (Å²) in [5.41, 5.74) is 5.00. The molecule has 0 radical (unpaired) electrons. The van der Waals surface area contributed by atoms with E-state index < -0.39 is 11.9 Å². The number of nitrogens with one attached hydrogen (secondary N) is 1. The fourth-order valence-electron chi connectivity index (χ4n) is 2.64. The lowest BCUT2D eigenvalue weighted by Crippen LogP contribution is -2.49. The second-order valence-electron chi connectivity index (χ2n) is 5.82. The van der Waals surface area contributed by atoms with E-state index in [-0.39, 0.29) is 12.1 Å². The number of hydrogen-bond donors (Lipinski definition) is 4. The fraction of sp³-hybridized carbons (Fsp3) is 0.867. The Labute approximate surface area is 122 Å². The zero-order valence-electron chi connectivity index (χ0n) is 12.6. The van der Waals surface area contributed by atoms with E-state index in [1.165, 1.54) is 0 Å². The summed E-state index contributed by atoms with van der Waals surface area (Å²) in [4.78, 5) is 0. The largest absolute Gasteiger partial charge is 0.389 e. The molecule has 0 spiro atoms. The van der Waals surface area contributed by atoms with Crippen LogP contribution in [0.3, 0.4) is 0 Å². The van der Waals surface area contributed by atoms with Gasteiger partial charge in [-0.25, -0.2) is 0 Å². The molecule has 1 aliphatic heterocycles. The van der Waals surface area contributed by atoms with Crippen LogP contribution in [0.1, 0.15) is 45.4 Å². The van der Waals surface area contributed by atoms with Crippen molar-refractivity contribution in [3.8, 4) is 0 Å². The van der Waals surface area contributed by atoms with Gasteiger partial charge in [0.05, 0.1) is 17.7 Å². The molecule has 1 aliphatic rings. The summed E-state index contributed by atoms with van der Waals surface area (Å²) in [5.74, 6) is 0. The fourth-order valence-corrected chi connectivity index (χ4v) is 2.64. The van der Waals surface area contributed by atoms with Crippen molar-refractivity contribution >= 4 is 0 Å². The predicted molar refractivity (Wildman–Crippen MR) is 80.2 cm³/mol. The molecule has 0 amide bonds. The predicted octanol–water partition coefficient (Wildman–Crippen LogP) is 0.898. The van der Waals surface area contributed by atoms with E-state index in [1.807, 2.05) is 6.08 Å². The molecule has 1 unspecified atom stereocenters. The maximum Gasteiger partial charge on any atom is 0.170 e. The topological polar surface area (TPSA) is 87.7 Å². The molecule has 1 heterocycles. The van der Waals surface area contributed by atoms with Crippen LogP contribution in [0.4, 0.5) is 0 Å². The highest BCUT2D eigenvalue weighted by Gasteiger charge is 2.28. The first kappa shape index (κ1) is 17.6. The van der Waals surface area contributed by atoms with Crippen molar-refractivity contribution in [1.29, 1.82) is 0 Å². The number of rotatable bonds is 9. The summed E-state index contributed by atoms with van der Waals surface area (Å²) < 4.78 is 5.42. The summed E-state index contributed by atoms with van der Waals surface area (Å²) in [6, 6.07) is -0.282.